The van der Waals surface area contributed by atoms with Gasteiger partial charge in [0.05, 0.1) is 0 Å². The van der Waals surface area contributed by atoms with Crippen LogP contribution >= 0.6 is 0 Å². The van der Waals surface area contributed by atoms with E-state index in [0.717, 1.165) is 25.7 Å². The molecule has 0 aliphatic rings. The Hall–Kier alpha value is -0.790. The van der Waals surface area contributed by atoms with E-state index in [1.807, 2.05) is 0 Å². The topological polar surface area (TPSA) is 37.3 Å². The molecule has 0 fully saturated rings. The van der Waals surface area contributed by atoms with Crippen molar-refractivity contribution in [2.75, 3.05) is 0 Å². The van der Waals surface area contributed by atoms with Crippen LogP contribution in [-0.2, 0) is 4.79 Å². The van der Waals surface area contributed by atoms with Crippen molar-refractivity contribution in [3.8, 4) is 0 Å². The van der Waals surface area contributed by atoms with Crippen molar-refractivity contribution in [1.82, 2.24) is 0 Å². The Morgan fingerprint density at radius 1 is 1.36 bits per heavy atom. The first-order chi connectivity index (χ1) is 5.27. The zero-order valence-electron chi connectivity index (χ0n) is 7.05. The number of allylic oxidation sites excluding steroid dienone is 2. The average molecular weight is 156 g/mol. The van der Waals surface area contributed by atoms with Gasteiger partial charge in [0.25, 0.3) is 0 Å². The molecule has 0 unspecified atom stereocenters. The number of aliphatic carboxylic acids is 1. The molecule has 0 aliphatic carbocycles. The average Bonchev–Trinajstić information content (AvgIpc) is 1.96. The lowest BCUT2D eigenvalue weighted by molar-refractivity contribution is -0.137. The van der Waals surface area contributed by atoms with Crippen molar-refractivity contribution in [3.63, 3.8) is 0 Å². The minimum absolute atomic E-state index is 0.288. The van der Waals surface area contributed by atoms with Gasteiger partial charge in [0.2, 0.25) is 0 Å². The monoisotopic (exact) mass is 156 g/mol. The Bertz CT molecular complexity index is 128. The summed E-state index contributed by atoms with van der Waals surface area (Å²) >= 11 is 0. The zero-order chi connectivity index (χ0) is 8.53. The maximum atomic E-state index is 10.1. The molecule has 0 amide bonds. The van der Waals surface area contributed by atoms with Gasteiger partial charge in [0.1, 0.15) is 0 Å². The molecule has 0 saturated heterocycles. The molecular weight excluding hydrogens is 140 g/mol. The van der Waals surface area contributed by atoms with Gasteiger partial charge in [-0.25, -0.2) is 0 Å². The molecule has 2 heteroatoms. The molecule has 0 saturated carbocycles. The zero-order valence-corrected chi connectivity index (χ0v) is 7.05. The fourth-order valence-corrected chi connectivity index (χ4v) is 0.774. The molecule has 0 atom stereocenters. The standard InChI is InChI=1S/C9H16O2/c1-2-3-4-5-6-7-8-9(10)11/h4-5H,2-3,6-8H2,1H3,(H,10,11). The molecule has 0 spiro atoms. The number of carboxylic acid groups (broad SMARTS) is 1. The maximum absolute atomic E-state index is 10.1. The Labute approximate surface area is 67.9 Å². The van der Waals surface area contributed by atoms with Crippen LogP contribution in [0.15, 0.2) is 12.2 Å². The van der Waals surface area contributed by atoms with E-state index in [1.165, 1.54) is 0 Å². The molecule has 11 heavy (non-hydrogen) atoms. The molecule has 0 heterocycles. The van der Waals surface area contributed by atoms with Crippen LogP contribution in [0.5, 0.6) is 0 Å². The van der Waals surface area contributed by atoms with Crippen molar-refractivity contribution in [2.24, 2.45) is 0 Å². The maximum Gasteiger partial charge on any atom is 0.303 e. The Morgan fingerprint density at radius 2 is 2.00 bits per heavy atom. The number of hydrogen-bond donors (Lipinski definition) is 1. The van der Waals surface area contributed by atoms with Crippen LogP contribution in [-0.4, -0.2) is 11.1 Å². The number of hydrogen-bond acceptors (Lipinski definition) is 1. The van der Waals surface area contributed by atoms with E-state index in [0.29, 0.717) is 0 Å². The highest BCUT2D eigenvalue weighted by molar-refractivity contribution is 5.66. The summed E-state index contributed by atoms with van der Waals surface area (Å²) in [7, 11) is 0. The van der Waals surface area contributed by atoms with Gasteiger partial charge in [0.15, 0.2) is 0 Å². The van der Waals surface area contributed by atoms with E-state index in [4.69, 9.17) is 5.11 Å². The lowest BCUT2D eigenvalue weighted by Gasteiger charge is -1.89. The molecule has 0 aromatic heterocycles. The van der Waals surface area contributed by atoms with Gasteiger partial charge in [-0.1, -0.05) is 25.5 Å². The predicted molar refractivity (Wildman–Crippen MR) is 45.5 cm³/mol. The van der Waals surface area contributed by atoms with Gasteiger partial charge in [-0.15, -0.1) is 0 Å². The molecule has 0 aromatic carbocycles. The van der Waals surface area contributed by atoms with Crippen molar-refractivity contribution in [3.05, 3.63) is 12.2 Å². The first-order valence-corrected chi connectivity index (χ1v) is 4.14. The first kappa shape index (κ1) is 10.2. The van der Waals surface area contributed by atoms with Crippen LogP contribution in [0.4, 0.5) is 0 Å². The number of rotatable bonds is 6. The Morgan fingerprint density at radius 3 is 2.55 bits per heavy atom. The largest absolute Gasteiger partial charge is 0.481 e. The second kappa shape index (κ2) is 7.32. The molecular formula is C9H16O2. The predicted octanol–water partition coefficient (Wildman–Crippen LogP) is 2.60. The third-order valence-corrected chi connectivity index (χ3v) is 1.38. The number of carbonyl (C=O) groups is 1. The smallest absolute Gasteiger partial charge is 0.303 e. The van der Waals surface area contributed by atoms with Crippen LogP contribution in [0.1, 0.15) is 39.0 Å². The summed E-state index contributed by atoms with van der Waals surface area (Å²) in [4.78, 5) is 10.1. The highest BCUT2D eigenvalue weighted by Gasteiger charge is 1.92. The fourth-order valence-electron chi connectivity index (χ4n) is 0.774. The summed E-state index contributed by atoms with van der Waals surface area (Å²) in [5, 5.41) is 8.29. The first-order valence-electron chi connectivity index (χ1n) is 4.14. The minimum atomic E-state index is -0.700. The Balaban J connectivity index is 3.07. The van der Waals surface area contributed by atoms with E-state index in [9.17, 15) is 4.79 Å². The molecule has 0 aliphatic heterocycles. The van der Waals surface area contributed by atoms with Gasteiger partial charge in [-0.05, 0) is 19.3 Å². The molecule has 64 valence electrons. The lowest BCUT2D eigenvalue weighted by Crippen LogP contribution is -1.92. The van der Waals surface area contributed by atoms with Gasteiger partial charge >= 0.3 is 5.97 Å². The molecule has 0 bridgehead atoms. The minimum Gasteiger partial charge on any atom is -0.481 e. The van der Waals surface area contributed by atoms with E-state index >= 15 is 0 Å². The molecule has 0 radical (unpaired) electrons. The molecule has 2 nitrogen and oxygen atoms in total. The van der Waals surface area contributed by atoms with Gasteiger partial charge in [-0.3, -0.25) is 4.79 Å². The summed E-state index contributed by atoms with van der Waals surface area (Å²) in [5.74, 6) is -0.700. The van der Waals surface area contributed by atoms with Gasteiger partial charge < -0.3 is 5.11 Å². The summed E-state index contributed by atoms with van der Waals surface area (Å²) in [6.07, 6.45) is 8.38. The summed E-state index contributed by atoms with van der Waals surface area (Å²) in [6.45, 7) is 2.13. The van der Waals surface area contributed by atoms with Crippen LogP contribution in [0, 0.1) is 0 Å². The van der Waals surface area contributed by atoms with Crippen LogP contribution in [0.2, 0.25) is 0 Å². The molecule has 0 aromatic rings. The van der Waals surface area contributed by atoms with E-state index in [1.54, 1.807) is 0 Å². The van der Waals surface area contributed by atoms with E-state index in [2.05, 4.69) is 19.1 Å². The van der Waals surface area contributed by atoms with Crippen LogP contribution < -0.4 is 0 Å². The van der Waals surface area contributed by atoms with E-state index in [-0.39, 0.29) is 6.42 Å². The second-order valence-corrected chi connectivity index (χ2v) is 2.55. The molecule has 0 rings (SSSR count). The number of carboxylic acids is 1. The van der Waals surface area contributed by atoms with E-state index < -0.39 is 5.97 Å². The Kier molecular flexibility index (Phi) is 6.79. The highest BCUT2D eigenvalue weighted by Crippen LogP contribution is 1.98. The van der Waals surface area contributed by atoms with Crippen molar-refractivity contribution in [2.45, 2.75) is 39.0 Å². The van der Waals surface area contributed by atoms with Gasteiger partial charge in [-0.2, -0.15) is 0 Å². The quantitative estimate of drug-likeness (QED) is 0.474. The highest BCUT2D eigenvalue weighted by atomic mass is 16.4. The molecule has 1 N–H and O–H groups in total. The van der Waals surface area contributed by atoms with Crippen LogP contribution in [0.25, 0.3) is 0 Å². The van der Waals surface area contributed by atoms with Crippen molar-refractivity contribution < 1.29 is 9.90 Å². The third-order valence-electron chi connectivity index (χ3n) is 1.38. The van der Waals surface area contributed by atoms with Gasteiger partial charge in [0, 0.05) is 6.42 Å². The van der Waals surface area contributed by atoms with Crippen molar-refractivity contribution in [1.29, 1.82) is 0 Å². The van der Waals surface area contributed by atoms with Crippen molar-refractivity contribution >= 4 is 5.97 Å². The SMILES string of the molecule is CCCC=CCCCC(=O)O. The fraction of sp³-hybridized carbons (Fsp3) is 0.667. The lowest BCUT2D eigenvalue weighted by atomic mass is 10.2. The summed E-state index contributed by atoms with van der Waals surface area (Å²) in [6, 6.07) is 0. The normalized spacial score (nSPS) is 10.6. The summed E-state index contributed by atoms with van der Waals surface area (Å²) in [5.41, 5.74) is 0. The summed E-state index contributed by atoms with van der Waals surface area (Å²) < 4.78 is 0. The third kappa shape index (κ3) is 9.21. The second-order valence-electron chi connectivity index (χ2n) is 2.55. The number of unbranched alkanes of at least 4 members (excludes halogenated alkanes) is 2. The van der Waals surface area contributed by atoms with Crippen LogP contribution in [0.3, 0.4) is 0 Å².